The molecule has 2 fully saturated rings. The van der Waals surface area contributed by atoms with Crippen molar-refractivity contribution in [2.45, 2.75) is 46.5 Å². The minimum absolute atomic E-state index is 0.0587. The standard InChI is InChI=1S/C26H28ClN3O4/c1-4-30(18-5-6-20(27)28-21(18)25(32)33)19-14-15(2)13-17-22(31)16(3)24(34-23(17)19)29-11-9-26(7-8-26)10-12-29/h5-6,13-14H,4,7-12H2,1-3H3,(H,32,33). The Morgan fingerprint density at radius 3 is 2.50 bits per heavy atom. The number of carbonyl (C=O) groups is 1. The SMILES string of the molecule is CCN(c1ccc(Cl)nc1C(=O)O)c1cc(C)cc2c(=O)c(C)c(N3CCC4(CC3)CC4)oc12. The van der Waals surface area contributed by atoms with E-state index in [2.05, 4.69) is 9.88 Å². The molecule has 5 rings (SSSR count). The lowest BCUT2D eigenvalue weighted by Crippen LogP contribution is -2.35. The van der Waals surface area contributed by atoms with Gasteiger partial charge >= 0.3 is 5.97 Å². The minimum atomic E-state index is -1.17. The second-order valence-corrected chi connectivity index (χ2v) is 9.95. The summed E-state index contributed by atoms with van der Waals surface area (Å²) in [5, 5.41) is 10.4. The molecule has 178 valence electrons. The van der Waals surface area contributed by atoms with Crippen molar-refractivity contribution in [1.29, 1.82) is 0 Å². The van der Waals surface area contributed by atoms with E-state index in [0.717, 1.165) is 31.5 Å². The maximum absolute atomic E-state index is 13.5. The van der Waals surface area contributed by atoms with E-state index in [1.165, 1.54) is 12.8 Å². The zero-order valence-electron chi connectivity index (χ0n) is 19.7. The van der Waals surface area contributed by atoms with Crippen LogP contribution >= 0.6 is 11.6 Å². The van der Waals surface area contributed by atoms with Crippen LogP contribution in [0, 0.1) is 19.3 Å². The Kier molecular flexibility index (Phi) is 5.55. The van der Waals surface area contributed by atoms with E-state index in [1.54, 1.807) is 12.1 Å². The predicted molar refractivity (Wildman–Crippen MR) is 134 cm³/mol. The van der Waals surface area contributed by atoms with Crippen molar-refractivity contribution in [1.82, 2.24) is 4.98 Å². The zero-order chi connectivity index (χ0) is 24.2. The van der Waals surface area contributed by atoms with Crippen molar-refractivity contribution in [3.05, 3.63) is 56.5 Å². The van der Waals surface area contributed by atoms with Gasteiger partial charge in [-0.1, -0.05) is 11.6 Å². The van der Waals surface area contributed by atoms with Gasteiger partial charge < -0.3 is 19.3 Å². The summed E-state index contributed by atoms with van der Waals surface area (Å²) in [6.45, 7) is 7.85. The van der Waals surface area contributed by atoms with Crippen LogP contribution in [-0.2, 0) is 0 Å². The number of aromatic carboxylic acids is 1. The van der Waals surface area contributed by atoms with Crippen LogP contribution in [0.3, 0.4) is 0 Å². The van der Waals surface area contributed by atoms with E-state index in [4.69, 9.17) is 16.0 Å². The van der Waals surface area contributed by atoms with Gasteiger partial charge in [-0.05, 0) is 81.7 Å². The van der Waals surface area contributed by atoms with E-state index in [1.807, 2.05) is 37.8 Å². The Balaban J connectivity index is 1.68. The molecule has 0 radical (unpaired) electrons. The summed E-state index contributed by atoms with van der Waals surface area (Å²) in [6.07, 6.45) is 4.84. The summed E-state index contributed by atoms with van der Waals surface area (Å²) < 4.78 is 6.51. The van der Waals surface area contributed by atoms with Crippen molar-refractivity contribution < 1.29 is 14.3 Å². The zero-order valence-corrected chi connectivity index (χ0v) is 20.4. The Hall–Kier alpha value is -3.06. The normalized spacial score (nSPS) is 16.8. The Labute approximate surface area is 203 Å². The number of carboxylic acid groups (broad SMARTS) is 1. The fourth-order valence-electron chi connectivity index (χ4n) is 5.14. The van der Waals surface area contributed by atoms with Gasteiger partial charge in [-0.3, -0.25) is 4.79 Å². The van der Waals surface area contributed by atoms with Crippen LogP contribution in [0.1, 0.15) is 54.2 Å². The number of hydrogen-bond donors (Lipinski definition) is 1. The number of rotatable bonds is 5. The lowest BCUT2D eigenvalue weighted by Gasteiger charge is -2.33. The Morgan fingerprint density at radius 1 is 1.18 bits per heavy atom. The average molecular weight is 482 g/mol. The first-order valence-electron chi connectivity index (χ1n) is 11.7. The fourth-order valence-corrected chi connectivity index (χ4v) is 5.29. The van der Waals surface area contributed by atoms with Crippen LogP contribution in [0.2, 0.25) is 5.15 Å². The maximum Gasteiger partial charge on any atom is 0.356 e. The summed E-state index contributed by atoms with van der Waals surface area (Å²) in [5.41, 5.74) is 3.28. The number of halogens is 1. The van der Waals surface area contributed by atoms with Crippen LogP contribution < -0.4 is 15.2 Å². The summed E-state index contributed by atoms with van der Waals surface area (Å²) in [7, 11) is 0. The summed E-state index contributed by atoms with van der Waals surface area (Å²) >= 11 is 5.99. The highest BCUT2D eigenvalue weighted by Crippen LogP contribution is 2.54. The van der Waals surface area contributed by atoms with Crippen molar-refractivity contribution in [2.24, 2.45) is 5.41 Å². The van der Waals surface area contributed by atoms with Crippen molar-refractivity contribution in [3.8, 4) is 0 Å². The molecule has 0 amide bonds. The number of pyridine rings is 1. The van der Waals surface area contributed by atoms with Gasteiger partial charge in [0.1, 0.15) is 5.15 Å². The highest BCUT2D eigenvalue weighted by atomic mass is 35.5. The molecule has 0 bridgehead atoms. The summed E-state index contributed by atoms with van der Waals surface area (Å²) in [4.78, 5) is 33.5. The number of fused-ring (bicyclic) bond motifs is 1. The van der Waals surface area contributed by atoms with Crippen LogP contribution in [-0.4, -0.2) is 35.7 Å². The molecule has 1 aliphatic heterocycles. The molecule has 3 heterocycles. The second-order valence-electron chi connectivity index (χ2n) is 9.56. The van der Waals surface area contributed by atoms with Gasteiger partial charge in [0, 0.05) is 19.6 Å². The van der Waals surface area contributed by atoms with Gasteiger partial charge in [0.15, 0.2) is 16.7 Å². The number of anilines is 3. The first kappa shape index (κ1) is 22.7. The third-order valence-electron chi connectivity index (χ3n) is 7.33. The lowest BCUT2D eigenvalue weighted by atomic mass is 9.93. The largest absolute Gasteiger partial charge is 0.476 e. The van der Waals surface area contributed by atoms with Gasteiger partial charge in [0.05, 0.1) is 22.3 Å². The van der Waals surface area contributed by atoms with Crippen LogP contribution in [0.4, 0.5) is 17.3 Å². The monoisotopic (exact) mass is 481 g/mol. The molecule has 8 heteroatoms. The van der Waals surface area contributed by atoms with Crippen molar-refractivity contribution in [2.75, 3.05) is 29.4 Å². The second kappa shape index (κ2) is 8.31. The fraction of sp³-hybridized carbons (Fsp3) is 0.423. The molecule has 1 aliphatic carbocycles. The summed E-state index contributed by atoms with van der Waals surface area (Å²) in [5.74, 6) is -0.560. The highest BCUT2D eigenvalue weighted by molar-refractivity contribution is 6.29. The smallest absolute Gasteiger partial charge is 0.356 e. The predicted octanol–water partition coefficient (Wildman–Crippen LogP) is 5.69. The third kappa shape index (κ3) is 3.82. The molecule has 7 nitrogen and oxygen atoms in total. The van der Waals surface area contributed by atoms with Crippen LogP contribution in [0.15, 0.2) is 33.5 Å². The molecule has 34 heavy (non-hydrogen) atoms. The van der Waals surface area contributed by atoms with Crippen LogP contribution in [0.5, 0.6) is 0 Å². The highest BCUT2D eigenvalue weighted by Gasteiger charge is 2.45. The molecular formula is C26H28ClN3O4. The molecule has 2 aromatic heterocycles. The molecule has 0 atom stereocenters. The Bertz CT molecular complexity index is 1350. The Morgan fingerprint density at radius 2 is 1.88 bits per heavy atom. The molecule has 3 aromatic rings. The number of aromatic nitrogens is 1. The maximum atomic E-state index is 13.5. The number of nitrogens with zero attached hydrogens (tertiary/aromatic N) is 3. The van der Waals surface area contributed by atoms with E-state index < -0.39 is 5.97 Å². The van der Waals surface area contributed by atoms with Gasteiger partial charge in [-0.15, -0.1) is 0 Å². The molecular weight excluding hydrogens is 454 g/mol. The lowest BCUT2D eigenvalue weighted by molar-refractivity contribution is 0.0691. The number of hydrogen-bond acceptors (Lipinski definition) is 6. The van der Waals surface area contributed by atoms with Gasteiger partial charge in [-0.25, -0.2) is 9.78 Å². The first-order chi connectivity index (χ1) is 16.2. The van der Waals surface area contributed by atoms with Gasteiger partial charge in [0.2, 0.25) is 5.88 Å². The number of benzene rings is 1. The molecule has 0 unspecified atom stereocenters. The topological polar surface area (TPSA) is 86.9 Å². The summed E-state index contributed by atoms with van der Waals surface area (Å²) in [6, 6.07) is 6.97. The number of carboxylic acids is 1. The van der Waals surface area contributed by atoms with Crippen molar-refractivity contribution >= 4 is 45.8 Å². The number of aryl methyl sites for hydroxylation is 1. The third-order valence-corrected chi connectivity index (χ3v) is 7.54. The van der Waals surface area contributed by atoms with E-state index in [-0.39, 0.29) is 16.3 Å². The molecule has 1 aromatic carbocycles. The van der Waals surface area contributed by atoms with Crippen LogP contribution in [0.25, 0.3) is 11.0 Å². The van der Waals surface area contributed by atoms with Gasteiger partial charge in [0.25, 0.3) is 0 Å². The van der Waals surface area contributed by atoms with Crippen molar-refractivity contribution in [3.63, 3.8) is 0 Å². The molecule has 1 N–H and O–H groups in total. The molecule has 1 saturated heterocycles. The average Bonchev–Trinajstić information content (AvgIpc) is 3.57. The minimum Gasteiger partial charge on any atom is -0.476 e. The van der Waals surface area contributed by atoms with E-state index in [9.17, 15) is 14.7 Å². The van der Waals surface area contributed by atoms with E-state index in [0.29, 0.717) is 45.8 Å². The molecule has 1 saturated carbocycles. The molecule has 1 spiro atoms. The first-order valence-corrected chi connectivity index (χ1v) is 12.1. The van der Waals surface area contributed by atoms with Gasteiger partial charge in [-0.2, -0.15) is 0 Å². The molecule has 2 aliphatic rings. The quantitative estimate of drug-likeness (QED) is 0.468. The van der Waals surface area contributed by atoms with E-state index >= 15 is 0 Å². The number of piperidine rings is 1.